The van der Waals surface area contributed by atoms with Gasteiger partial charge >= 0.3 is 6.18 Å². The second-order valence-electron chi connectivity index (χ2n) is 4.65. The maximum atomic E-state index is 12.7. The molecule has 0 bridgehead atoms. The number of anilines is 1. The highest BCUT2D eigenvalue weighted by atomic mass is 19.4. The van der Waals surface area contributed by atoms with Crippen molar-refractivity contribution in [1.29, 1.82) is 0 Å². The quantitative estimate of drug-likeness (QED) is 0.828. The first-order valence-corrected chi connectivity index (χ1v) is 5.72. The molecule has 0 aliphatic rings. The Morgan fingerprint density at radius 1 is 1.12 bits per heavy atom. The van der Waals surface area contributed by atoms with Gasteiger partial charge in [0, 0.05) is 12.2 Å². The molecule has 0 aliphatic heterocycles. The van der Waals surface area contributed by atoms with E-state index in [4.69, 9.17) is 0 Å². The first-order valence-electron chi connectivity index (χ1n) is 5.72. The molecule has 0 radical (unpaired) electrons. The van der Waals surface area contributed by atoms with Gasteiger partial charge in [0.1, 0.15) is 0 Å². The van der Waals surface area contributed by atoms with Crippen LogP contribution in [0.1, 0.15) is 26.3 Å². The number of para-hydroxylation sites is 1. The van der Waals surface area contributed by atoms with E-state index in [1.54, 1.807) is 6.07 Å². The Bertz CT molecular complexity index is 358. The minimum atomic E-state index is -4.30. The number of benzene rings is 1. The van der Waals surface area contributed by atoms with Crippen LogP contribution in [0.3, 0.4) is 0 Å². The van der Waals surface area contributed by atoms with Gasteiger partial charge in [-0.2, -0.15) is 13.2 Å². The molecular formula is C13H18F3N. The molecule has 0 saturated carbocycles. The van der Waals surface area contributed by atoms with Crippen LogP contribution in [-0.2, 0) is 6.18 Å². The smallest absolute Gasteiger partial charge is 0.384 e. The van der Waals surface area contributed by atoms with Crippen molar-refractivity contribution >= 4 is 5.69 Å². The predicted octanol–water partition coefficient (Wildman–Crippen LogP) is 4.41. The van der Waals surface area contributed by atoms with Crippen molar-refractivity contribution in [2.75, 3.05) is 11.9 Å². The molecule has 4 heteroatoms. The molecule has 1 rings (SSSR count). The van der Waals surface area contributed by atoms with Crippen LogP contribution in [0, 0.1) is 11.8 Å². The summed E-state index contributed by atoms with van der Waals surface area (Å²) in [5.74, 6) is 0.775. The highest BCUT2D eigenvalue weighted by Crippen LogP contribution is 2.34. The number of rotatable bonds is 4. The lowest BCUT2D eigenvalue weighted by Gasteiger charge is -2.19. The first-order chi connectivity index (χ1) is 7.82. The number of hydrogen-bond donors (Lipinski definition) is 1. The van der Waals surface area contributed by atoms with E-state index in [0.29, 0.717) is 18.4 Å². The van der Waals surface area contributed by atoms with Crippen LogP contribution in [0.15, 0.2) is 24.3 Å². The van der Waals surface area contributed by atoms with Crippen LogP contribution in [-0.4, -0.2) is 6.54 Å². The first kappa shape index (κ1) is 13.9. The summed E-state index contributed by atoms with van der Waals surface area (Å²) >= 11 is 0. The molecule has 0 saturated heterocycles. The van der Waals surface area contributed by atoms with Gasteiger partial charge in [-0.1, -0.05) is 32.9 Å². The summed E-state index contributed by atoms with van der Waals surface area (Å²) in [7, 11) is 0. The fourth-order valence-electron chi connectivity index (χ4n) is 1.39. The van der Waals surface area contributed by atoms with E-state index in [-0.39, 0.29) is 5.69 Å². The van der Waals surface area contributed by atoms with Crippen molar-refractivity contribution in [1.82, 2.24) is 0 Å². The minimum Gasteiger partial charge on any atom is -0.384 e. The van der Waals surface area contributed by atoms with Gasteiger partial charge in [-0.25, -0.2) is 0 Å². The lowest BCUT2D eigenvalue weighted by molar-refractivity contribution is -0.136. The molecule has 17 heavy (non-hydrogen) atoms. The van der Waals surface area contributed by atoms with E-state index >= 15 is 0 Å². The number of hydrogen-bond acceptors (Lipinski definition) is 1. The monoisotopic (exact) mass is 245 g/mol. The third kappa shape index (κ3) is 3.95. The van der Waals surface area contributed by atoms with Crippen molar-refractivity contribution in [2.45, 2.75) is 26.9 Å². The lowest BCUT2D eigenvalue weighted by Crippen LogP contribution is -2.18. The molecule has 1 nitrogen and oxygen atoms in total. The van der Waals surface area contributed by atoms with E-state index in [1.165, 1.54) is 12.1 Å². The van der Waals surface area contributed by atoms with Crippen molar-refractivity contribution in [3.63, 3.8) is 0 Å². The molecule has 1 unspecified atom stereocenters. The van der Waals surface area contributed by atoms with Gasteiger partial charge in [0.15, 0.2) is 0 Å². The summed E-state index contributed by atoms with van der Waals surface area (Å²) in [6, 6.07) is 5.58. The van der Waals surface area contributed by atoms with Gasteiger partial charge in [0.2, 0.25) is 0 Å². The van der Waals surface area contributed by atoms with E-state index in [2.05, 4.69) is 19.2 Å². The minimum absolute atomic E-state index is 0.160. The second kappa shape index (κ2) is 5.43. The highest BCUT2D eigenvalue weighted by molar-refractivity contribution is 5.52. The fraction of sp³-hybridized carbons (Fsp3) is 0.538. The predicted molar refractivity (Wildman–Crippen MR) is 63.9 cm³/mol. The topological polar surface area (TPSA) is 12.0 Å². The fourth-order valence-corrected chi connectivity index (χ4v) is 1.39. The van der Waals surface area contributed by atoms with Gasteiger partial charge in [0.05, 0.1) is 5.56 Å². The normalized spacial score (nSPS) is 13.8. The summed E-state index contributed by atoms with van der Waals surface area (Å²) in [6.07, 6.45) is -4.30. The Hall–Kier alpha value is -1.19. The zero-order valence-electron chi connectivity index (χ0n) is 10.3. The van der Waals surface area contributed by atoms with Crippen molar-refractivity contribution in [2.24, 2.45) is 11.8 Å². The molecule has 1 N–H and O–H groups in total. The molecule has 0 spiro atoms. The van der Waals surface area contributed by atoms with Gasteiger partial charge in [0.25, 0.3) is 0 Å². The largest absolute Gasteiger partial charge is 0.418 e. The average molecular weight is 245 g/mol. The van der Waals surface area contributed by atoms with Crippen LogP contribution in [0.4, 0.5) is 18.9 Å². The molecule has 0 aliphatic carbocycles. The molecule has 96 valence electrons. The third-order valence-electron chi connectivity index (χ3n) is 2.99. The average Bonchev–Trinajstić information content (AvgIpc) is 2.24. The van der Waals surface area contributed by atoms with Crippen molar-refractivity contribution in [3.8, 4) is 0 Å². The van der Waals surface area contributed by atoms with Gasteiger partial charge in [-0.3, -0.25) is 0 Å². The molecule has 0 amide bonds. The van der Waals surface area contributed by atoms with E-state index < -0.39 is 11.7 Å². The Balaban J connectivity index is 2.78. The van der Waals surface area contributed by atoms with Gasteiger partial charge in [-0.05, 0) is 24.0 Å². The van der Waals surface area contributed by atoms with Crippen LogP contribution < -0.4 is 5.32 Å². The summed E-state index contributed by atoms with van der Waals surface area (Å²) in [6.45, 7) is 6.68. The summed E-state index contributed by atoms with van der Waals surface area (Å²) in [5, 5.41) is 2.88. The SMILES string of the molecule is CC(C)C(C)CNc1ccccc1C(F)(F)F. The van der Waals surface area contributed by atoms with E-state index in [0.717, 1.165) is 6.07 Å². The third-order valence-corrected chi connectivity index (χ3v) is 2.99. The number of halogens is 3. The van der Waals surface area contributed by atoms with Crippen molar-refractivity contribution in [3.05, 3.63) is 29.8 Å². The van der Waals surface area contributed by atoms with Crippen LogP contribution >= 0.6 is 0 Å². The molecule has 0 aromatic heterocycles. The molecule has 1 aromatic rings. The lowest BCUT2D eigenvalue weighted by atomic mass is 9.98. The molecular weight excluding hydrogens is 227 g/mol. The number of nitrogens with one attached hydrogen (secondary N) is 1. The Kier molecular flexibility index (Phi) is 4.43. The Morgan fingerprint density at radius 2 is 1.71 bits per heavy atom. The molecule has 0 fully saturated rings. The van der Waals surface area contributed by atoms with Crippen LogP contribution in [0.5, 0.6) is 0 Å². The molecule has 1 atom stereocenters. The zero-order chi connectivity index (χ0) is 13.1. The second-order valence-corrected chi connectivity index (χ2v) is 4.65. The molecule has 0 heterocycles. The summed E-state index contributed by atoms with van der Waals surface area (Å²) in [4.78, 5) is 0. The van der Waals surface area contributed by atoms with Gasteiger partial charge < -0.3 is 5.32 Å². The van der Waals surface area contributed by atoms with Gasteiger partial charge in [-0.15, -0.1) is 0 Å². The van der Waals surface area contributed by atoms with Crippen LogP contribution in [0.2, 0.25) is 0 Å². The number of alkyl halides is 3. The zero-order valence-corrected chi connectivity index (χ0v) is 10.3. The van der Waals surface area contributed by atoms with E-state index in [9.17, 15) is 13.2 Å². The van der Waals surface area contributed by atoms with Crippen molar-refractivity contribution < 1.29 is 13.2 Å². The Labute approximate surface area is 100 Å². The summed E-state index contributed by atoms with van der Waals surface area (Å²) in [5.41, 5.74) is -0.441. The summed E-state index contributed by atoms with van der Waals surface area (Å²) < 4.78 is 38.1. The van der Waals surface area contributed by atoms with E-state index in [1.807, 2.05) is 6.92 Å². The highest BCUT2D eigenvalue weighted by Gasteiger charge is 2.33. The van der Waals surface area contributed by atoms with Crippen LogP contribution in [0.25, 0.3) is 0 Å². The maximum Gasteiger partial charge on any atom is 0.418 e. The molecule has 1 aromatic carbocycles. The standard InChI is InChI=1S/C13H18F3N/c1-9(2)10(3)8-17-12-7-5-4-6-11(12)13(14,15)16/h4-7,9-10,17H,8H2,1-3H3. The maximum absolute atomic E-state index is 12.7. The Morgan fingerprint density at radius 3 is 2.24 bits per heavy atom.